The second-order valence-electron chi connectivity index (χ2n) is 6.09. The number of anilines is 1. The Morgan fingerprint density at radius 1 is 1.04 bits per heavy atom. The molecule has 1 aliphatic rings. The Bertz CT molecular complexity index is 722. The predicted molar refractivity (Wildman–Crippen MR) is 94.0 cm³/mol. The van der Waals surface area contributed by atoms with Gasteiger partial charge in [-0.15, -0.1) is 0 Å². The van der Waals surface area contributed by atoms with Crippen molar-refractivity contribution in [3.63, 3.8) is 0 Å². The molecule has 2 amide bonds. The van der Waals surface area contributed by atoms with E-state index in [9.17, 15) is 9.59 Å². The molecule has 1 aliphatic heterocycles. The molecule has 2 heterocycles. The number of rotatable bonds is 6. The lowest BCUT2D eigenvalue weighted by molar-refractivity contribution is -0.117. The molecule has 25 heavy (non-hydrogen) atoms. The van der Waals surface area contributed by atoms with Crippen molar-refractivity contribution in [3.8, 4) is 0 Å². The average molecular weight is 342 g/mol. The number of furan rings is 1. The highest BCUT2D eigenvalue weighted by Crippen LogP contribution is 2.14. The molecule has 7 nitrogen and oxygen atoms in total. The molecule has 0 unspecified atom stereocenters. The number of nitrogens with one attached hydrogen (secondary N) is 1. The Balaban J connectivity index is 1.47. The fourth-order valence-electron chi connectivity index (χ4n) is 2.93. The smallest absolute Gasteiger partial charge is 0.250 e. The number of nitrogens with two attached hydrogens (primary N) is 1. The Kier molecular flexibility index (Phi) is 5.47. The molecule has 1 fully saturated rings. The molecule has 3 N–H and O–H groups in total. The van der Waals surface area contributed by atoms with Crippen LogP contribution in [0.5, 0.6) is 0 Å². The number of nitrogens with zero attached hydrogens (tertiary/aromatic N) is 2. The Hall–Kier alpha value is -2.64. The number of primary amides is 1. The molecule has 0 saturated carbocycles. The van der Waals surface area contributed by atoms with E-state index in [-0.39, 0.29) is 5.91 Å². The maximum atomic E-state index is 12.3. The molecule has 3 rings (SSSR count). The summed E-state index contributed by atoms with van der Waals surface area (Å²) in [5, 5.41) is 2.78. The molecule has 0 radical (unpaired) electrons. The maximum absolute atomic E-state index is 12.3. The van der Waals surface area contributed by atoms with Crippen LogP contribution >= 0.6 is 0 Å². The van der Waals surface area contributed by atoms with Crippen LogP contribution in [-0.4, -0.2) is 54.3 Å². The third-order valence-corrected chi connectivity index (χ3v) is 4.26. The SMILES string of the molecule is NC(=O)c1ccccc1NC(=O)CN1CCN(Cc2ccco2)CC1. The highest BCUT2D eigenvalue weighted by molar-refractivity contribution is 6.03. The lowest BCUT2D eigenvalue weighted by atomic mass is 10.1. The zero-order chi connectivity index (χ0) is 17.6. The van der Waals surface area contributed by atoms with Crippen LogP contribution in [0, 0.1) is 0 Å². The molecule has 132 valence electrons. The molecular weight excluding hydrogens is 320 g/mol. The minimum atomic E-state index is -0.553. The lowest BCUT2D eigenvalue weighted by Crippen LogP contribution is -2.48. The van der Waals surface area contributed by atoms with Crippen molar-refractivity contribution in [1.82, 2.24) is 9.80 Å². The van der Waals surface area contributed by atoms with Gasteiger partial charge < -0.3 is 15.5 Å². The summed E-state index contributed by atoms with van der Waals surface area (Å²) < 4.78 is 5.37. The van der Waals surface area contributed by atoms with Crippen molar-refractivity contribution < 1.29 is 14.0 Å². The van der Waals surface area contributed by atoms with Gasteiger partial charge in [-0.05, 0) is 24.3 Å². The molecule has 0 aliphatic carbocycles. The van der Waals surface area contributed by atoms with Crippen LogP contribution in [0.1, 0.15) is 16.1 Å². The van der Waals surface area contributed by atoms with Gasteiger partial charge >= 0.3 is 0 Å². The number of hydrogen-bond acceptors (Lipinski definition) is 5. The zero-order valence-corrected chi connectivity index (χ0v) is 14.0. The molecule has 7 heteroatoms. The van der Waals surface area contributed by atoms with Gasteiger partial charge in [0.25, 0.3) is 5.91 Å². The molecule has 0 spiro atoms. The molecule has 2 aromatic rings. The number of piperazine rings is 1. The van der Waals surface area contributed by atoms with Crippen LogP contribution in [0.2, 0.25) is 0 Å². The average Bonchev–Trinajstić information content (AvgIpc) is 3.10. The molecule has 1 saturated heterocycles. The highest BCUT2D eigenvalue weighted by atomic mass is 16.3. The number of para-hydroxylation sites is 1. The zero-order valence-electron chi connectivity index (χ0n) is 14.0. The van der Waals surface area contributed by atoms with Gasteiger partial charge in [-0.1, -0.05) is 12.1 Å². The number of amides is 2. The Morgan fingerprint density at radius 3 is 2.44 bits per heavy atom. The van der Waals surface area contributed by atoms with Crippen molar-refractivity contribution in [1.29, 1.82) is 0 Å². The summed E-state index contributed by atoms with van der Waals surface area (Å²) in [4.78, 5) is 28.1. The molecular formula is C18H22N4O3. The summed E-state index contributed by atoms with van der Waals surface area (Å²) in [7, 11) is 0. The van der Waals surface area contributed by atoms with Crippen LogP contribution in [0.15, 0.2) is 47.1 Å². The van der Waals surface area contributed by atoms with Gasteiger partial charge in [-0.3, -0.25) is 19.4 Å². The van der Waals surface area contributed by atoms with Crippen LogP contribution < -0.4 is 11.1 Å². The largest absolute Gasteiger partial charge is 0.468 e. The van der Waals surface area contributed by atoms with Gasteiger partial charge in [0.1, 0.15) is 5.76 Å². The van der Waals surface area contributed by atoms with Crippen molar-refractivity contribution in [2.24, 2.45) is 5.73 Å². The van der Waals surface area contributed by atoms with Gasteiger partial charge in [-0.2, -0.15) is 0 Å². The number of benzene rings is 1. The van der Waals surface area contributed by atoms with E-state index in [2.05, 4.69) is 15.1 Å². The van der Waals surface area contributed by atoms with E-state index < -0.39 is 5.91 Å². The summed E-state index contributed by atoms with van der Waals surface area (Å²) >= 11 is 0. The molecule has 1 aromatic carbocycles. The second kappa shape index (κ2) is 7.96. The number of hydrogen-bond donors (Lipinski definition) is 2. The first-order valence-electron chi connectivity index (χ1n) is 8.27. The summed E-state index contributed by atoms with van der Waals surface area (Å²) in [6.07, 6.45) is 1.68. The van der Waals surface area contributed by atoms with Crippen LogP contribution in [0.25, 0.3) is 0 Å². The van der Waals surface area contributed by atoms with Crippen LogP contribution in [0.4, 0.5) is 5.69 Å². The fourth-order valence-corrected chi connectivity index (χ4v) is 2.93. The second-order valence-corrected chi connectivity index (χ2v) is 6.09. The third kappa shape index (κ3) is 4.68. The Morgan fingerprint density at radius 2 is 1.76 bits per heavy atom. The van der Waals surface area contributed by atoms with Gasteiger partial charge in [0, 0.05) is 26.2 Å². The van der Waals surface area contributed by atoms with Crippen molar-refractivity contribution in [3.05, 3.63) is 54.0 Å². The normalized spacial score (nSPS) is 15.8. The molecule has 0 bridgehead atoms. The van der Waals surface area contributed by atoms with Crippen molar-refractivity contribution in [2.75, 3.05) is 38.0 Å². The van der Waals surface area contributed by atoms with E-state index in [0.717, 1.165) is 38.5 Å². The number of carbonyl (C=O) groups is 2. The van der Waals surface area contributed by atoms with Gasteiger partial charge in [-0.25, -0.2) is 0 Å². The van der Waals surface area contributed by atoms with Crippen molar-refractivity contribution in [2.45, 2.75) is 6.54 Å². The van der Waals surface area contributed by atoms with E-state index in [1.807, 2.05) is 12.1 Å². The van der Waals surface area contributed by atoms with Gasteiger partial charge in [0.2, 0.25) is 5.91 Å². The topological polar surface area (TPSA) is 91.8 Å². The monoisotopic (exact) mass is 342 g/mol. The first-order valence-corrected chi connectivity index (χ1v) is 8.27. The van der Waals surface area contributed by atoms with Crippen molar-refractivity contribution >= 4 is 17.5 Å². The van der Waals surface area contributed by atoms with E-state index in [0.29, 0.717) is 17.8 Å². The molecule has 1 aromatic heterocycles. The summed E-state index contributed by atoms with van der Waals surface area (Å²) in [6.45, 7) is 4.47. The van der Waals surface area contributed by atoms with Gasteiger partial charge in [0.05, 0.1) is 30.6 Å². The highest BCUT2D eigenvalue weighted by Gasteiger charge is 2.20. The molecule has 0 atom stereocenters. The third-order valence-electron chi connectivity index (χ3n) is 4.26. The number of carbonyl (C=O) groups excluding carboxylic acids is 2. The predicted octanol–water partition coefficient (Wildman–Crippen LogP) is 1.13. The minimum absolute atomic E-state index is 0.145. The van der Waals surface area contributed by atoms with Crippen LogP contribution in [0.3, 0.4) is 0 Å². The first kappa shape index (κ1) is 17.2. The van der Waals surface area contributed by atoms with Crippen LogP contribution in [-0.2, 0) is 11.3 Å². The van der Waals surface area contributed by atoms with E-state index in [1.165, 1.54) is 0 Å². The summed E-state index contributed by atoms with van der Waals surface area (Å²) in [5.74, 6) is 0.255. The summed E-state index contributed by atoms with van der Waals surface area (Å²) in [6, 6.07) is 10.6. The fraction of sp³-hybridized carbons (Fsp3) is 0.333. The van der Waals surface area contributed by atoms with E-state index >= 15 is 0 Å². The maximum Gasteiger partial charge on any atom is 0.250 e. The van der Waals surface area contributed by atoms with E-state index in [1.54, 1.807) is 30.5 Å². The lowest BCUT2D eigenvalue weighted by Gasteiger charge is -2.33. The van der Waals surface area contributed by atoms with Gasteiger partial charge in [0.15, 0.2) is 0 Å². The minimum Gasteiger partial charge on any atom is -0.468 e. The summed E-state index contributed by atoms with van der Waals surface area (Å²) in [5.41, 5.74) is 6.11. The van der Waals surface area contributed by atoms with E-state index in [4.69, 9.17) is 10.2 Å². The Labute approximate surface area is 146 Å². The standard InChI is InChI=1S/C18H22N4O3/c19-18(24)15-5-1-2-6-16(15)20-17(23)13-22-9-7-21(8-10-22)12-14-4-3-11-25-14/h1-6,11H,7-10,12-13H2,(H2,19,24)(H,20,23). The quantitative estimate of drug-likeness (QED) is 0.821. The first-order chi connectivity index (χ1) is 12.1.